The second-order valence-electron chi connectivity index (χ2n) is 4.72. The molecule has 1 aliphatic rings. The van der Waals surface area contributed by atoms with E-state index < -0.39 is 0 Å². The number of hydrogen-bond donors (Lipinski definition) is 1. The lowest BCUT2D eigenvalue weighted by molar-refractivity contribution is 0.0177. The molecule has 0 spiro atoms. The van der Waals surface area contributed by atoms with Crippen LogP contribution in [0, 0.1) is 6.92 Å². The van der Waals surface area contributed by atoms with Crippen LogP contribution in [0.1, 0.15) is 24.0 Å². The molecule has 2 rings (SSSR count). The molecule has 0 radical (unpaired) electrons. The quantitative estimate of drug-likeness (QED) is 0.820. The van der Waals surface area contributed by atoms with Gasteiger partial charge in [0, 0.05) is 13.2 Å². The molecule has 1 aliphatic carbocycles. The minimum Gasteiger partial charge on any atom is -0.381 e. The molecule has 0 aliphatic heterocycles. The van der Waals surface area contributed by atoms with E-state index in [1.807, 2.05) is 0 Å². The van der Waals surface area contributed by atoms with Gasteiger partial charge in [-0.1, -0.05) is 29.8 Å². The molecule has 0 unspecified atom stereocenters. The predicted molar refractivity (Wildman–Crippen MR) is 66.7 cm³/mol. The molecule has 16 heavy (non-hydrogen) atoms. The third-order valence-corrected chi connectivity index (χ3v) is 3.36. The van der Waals surface area contributed by atoms with Crippen LogP contribution in [0.15, 0.2) is 24.3 Å². The van der Waals surface area contributed by atoms with Gasteiger partial charge in [-0.25, -0.2) is 0 Å². The molecule has 1 saturated carbocycles. The summed E-state index contributed by atoms with van der Waals surface area (Å²) in [6.45, 7) is 3.22. The Morgan fingerprint density at radius 2 is 2.19 bits per heavy atom. The van der Waals surface area contributed by atoms with E-state index >= 15 is 0 Å². The normalized spacial score (nSPS) is 24.1. The van der Waals surface area contributed by atoms with Crippen LogP contribution in [0.4, 0.5) is 0 Å². The van der Waals surface area contributed by atoms with E-state index in [4.69, 9.17) is 4.74 Å². The topological polar surface area (TPSA) is 21.3 Å². The average molecular weight is 219 g/mol. The van der Waals surface area contributed by atoms with Crippen LogP contribution in [-0.2, 0) is 11.2 Å². The van der Waals surface area contributed by atoms with Crippen molar-refractivity contribution in [1.29, 1.82) is 0 Å². The van der Waals surface area contributed by atoms with E-state index in [1.54, 1.807) is 7.11 Å². The summed E-state index contributed by atoms with van der Waals surface area (Å²) in [7, 11) is 1.80. The number of methoxy groups -OCH3 is 1. The Hall–Kier alpha value is -0.860. The molecule has 1 aromatic rings. The molecule has 1 aromatic carbocycles. The minimum absolute atomic E-state index is 0.497. The Morgan fingerprint density at radius 1 is 1.38 bits per heavy atom. The highest BCUT2D eigenvalue weighted by Crippen LogP contribution is 2.22. The Morgan fingerprint density at radius 3 is 2.88 bits per heavy atom. The van der Waals surface area contributed by atoms with Gasteiger partial charge in [-0.3, -0.25) is 0 Å². The first-order valence-corrected chi connectivity index (χ1v) is 6.09. The Labute approximate surface area is 98.0 Å². The molecule has 1 N–H and O–H groups in total. The van der Waals surface area contributed by atoms with Crippen LogP contribution < -0.4 is 5.32 Å². The van der Waals surface area contributed by atoms with Crippen LogP contribution in [0.5, 0.6) is 0 Å². The molecule has 0 aromatic heterocycles. The summed E-state index contributed by atoms with van der Waals surface area (Å²) in [4.78, 5) is 0. The second kappa shape index (κ2) is 5.46. The first-order valence-electron chi connectivity index (χ1n) is 6.09. The Kier molecular flexibility index (Phi) is 3.97. The molecule has 0 amide bonds. The lowest BCUT2D eigenvalue weighted by Crippen LogP contribution is -2.45. The van der Waals surface area contributed by atoms with Crippen LogP contribution >= 0.6 is 0 Å². The lowest BCUT2D eigenvalue weighted by atomic mass is 9.89. The number of benzene rings is 1. The zero-order valence-corrected chi connectivity index (χ0v) is 10.2. The van der Waals surface area contributed by atoms with Crippen molar-refractivity contribution < 1.29 is 4.74 Å². The summed E-state index contributed by atoms with van der Waals surface area (Å²) in [5.74, 6) is 0. The molecular weight excluding hydrogens is 198 g/mol. The molecule has 2 nitrogen and oxygen atoms in total. The second-order valence-corrected chi connectivity index (χ2v) is 4.72. The number of ether oxygens (including phenoxy) is 1. The molecule has 0 heterocycles. The van der Waals surface area contributed by atoms with Crippen LogP contribution in [0.2, 0.25) is 0 Å². The fourth-order valence-corrected chi connectivity index (χ4v) is 2.21. The van der Waals surface area contributed by atoms with Gasteiger partial charge < -0.3 is 10.1 Å². The van der Waals surface area contributed by atoms with Crippen molar-refractivity contribution in [3.05, 3.63) is 35.4 Å². The van der Waals surface area contributed by atoms with E-state index in [1.165, 1.54) is 24.0 Å². The maximum Gasteiger partial charge on any atom is 0.0601 e. The highest BCUT2D eigenvalue weighted by atomic mass is 16.5. The predicted octanol–water partition coefficient (Wildman–Crippen LogP) is 2.30. The monoisotopic (exact) mass is 219 g/mol. The summed E-state index contributed by atoms with van der Waals surface area (Å²) in [6, 6.07) is 9.42. The van der Waals surface area contributed by atoms with Crippen LogP contribution in [-0.4, -0.2) is 25.8 Å². The summed E-state index contributed by atoms with van der Waals surface area (Å²) >= 11 is 0. The van der Waals surface area contributed by atoms with Gasteiger partial charge in [-0.15, -0.1) is 0 Å². The fourth-order valence-electron chi connectivity index (χ4n) is 2.21. The first-order chi connectivity index (χ1) is 7.78. The highest BCUT2D eigenvalue weighted by Gasteiger charge is 2.27. The zero-order chi connectivity index (χ0) is 11.4. The molecular formula is C14H21NO. The van der Waals surface area contributed by atoms with E-state index in [2.05, 4.69) is 36.5 Å². The van der Waals surface area contributed by atoms with Crippen molar-refractivity contribution in [2.75, 3.05) is 13.7 Å². The van der Waals surface area contributed by atoms with Crippen molar-refractivity contribution in [3.8, 4) is 0 Å². The van der Waals surface area contributed by atoms with Crippen molar-refractivity contribution in [2.24, 2.45) is 0 Å². The Balaban J connectivity index is 1.65. The van der Waals surface area contributed by atoms with Gasteiger partial charge in [-0.2, -0.15) is 0 Å². The maximum absolute atomic E-state index is 5.26. The maximum atomic E-state index is 5.26. The van der Waals surface area contributed by atoms with Crippen LogP contribution in [0.25, 0.3) is 0 Å². The SMILES string of the molecule is COC1CC(NCCc2cccc(C)c2)C1. The smallest absolute Gasteiger partial charge is 0.0601 e. The van der Waals surface area contributed by atoms with Gasteiger partial charge >= 0.3 is 0 Å². The minimum atomic E-state index is 0.497. The molecule has 0 saturated heterocycles. The van der Waals surface area contributed by atoms with Gasteiger partial charge in [0.1, 0.15) is 0 Å². The van der Waals surface area contributed by atoms with E-state index in [9.17, 15) is 0 Å². The van der Waals surface area contributed by atoms with E-state index in [-0.39, 0.29) is 0 Å². The first kappa shape index (κ1) is 11.6. The molecule has 88 valence electrons. The van der Waals surface area contributed by atoms with Gasteiger partial charge in [0.2, 0.25) is 0 Å². The number of nitrogens with one attached hydrogen (secondary N) is 1. The van der Waals surface area contributed by atoms with Crippen molar-refractivity contribution >= 4 is 0 Å². The third-order valence-electron chi connectivity index (χ3n) is 3.36. The fraction of sp³-hybridized carbons (Fsp3) is 0.571. The van der Waals surface area contributed by atoms with Gasteiger partial charge in [0.05, 0.1) is 6.10 Å². The van der Waals surface area contributed by atoms with Gasteiger partial charge in [-0.05, 0) is 38.3 Å². The standard InChI is InChI=1S/C14H21NO/c1-11-4-3-5-12(8-11)6-7-15-13-9-14(10-13)16-2/h3-5,8,13-15H,6-7,9-10H2,1-2H3. The third kappa shape index (κ3) is 3.06. The van der Waals surface area contributed by atoms with Gasteiger partial charge in [0.25, 0.3) is 0 Å². The van der Waals surface area contributed by atoms with Crippen molar-refractivity contribution in [2.45, 2.75) is 38.3 Å². The molecule has 1 fully saturated rings. The highest BCUT2D eigenvalue weighted by molar-refractivity contribution is 5.22. The van der Waals surface area contributed by atoms with E-state index in [0.717, 1.165) is 13.0 Å². The Bertz CT molecular complexity index is 331. The largest absolute Gasteiger partial charge is 0.381 e. The number of hydrogen-bond acceptors (Lipinski definition) is 2. The van der Waals surface area contributed by atoms with Crippen molar-refractivity contribution in [3.63, 3.8) is 0 Å². The summed E-state index contributed by atoms with van der Waals surface area (Å²) < 4.78 is 5.26. The van der Waals surface area contributed by atoms with Crippen molar-refractivity contribution in [1.82, 2.24) is 5.32 Å². The zero-order valence-electron chi connectivity index (χ0n) is 10.2. The summed E-state index contributed by atoms with van der Waals surface area (Å²) in [6.07, 6.45) is 3.96. The van der Waals surface area contributed by atoms with Crippen LogP contribution in [0.3, 0.4) is 0 Å². The lowest BCUT2D eigenvalue weighted by Gasteiger charge is -2.34. The molecule has 0 bridgehead atoms. The molecule has 0 atom stereocenters. The summed E-state index contributed by atoms with van der Waals surface area (Å²) in [5.41, 5.74) is 2.77. The van der Waals surface area contributed by atoms with Gasteiger partial charge in [0.15, 0.2) is 0 Å². The summed E-state index contributed by atoms with van der Waals surface area (Å²) in [5, 5.41) is 3.57. The molecule has 2 heteroatoms. The van der Waals surface area contributed by atoms with E-state index in [0.29, 0.717) is 12.1 Å². The average Bonchev–Trinajstić information content (AvgIpc) is 2.21. The number of rotatable bonds is 5. The number of aryl methyl sites for hydroxylation is 1.